The minimum Gasteiger partial charge on any atom is -0.494 e. The van der Waals surface area contributed by atoms with Crippen molar-refractivity contribution in [1.29, 1.82) is 0 Å². The Balaban J connectivity index is 1.18. The first-order valence-corrected chi connectivity index (χ1v) is 10.3. The summed E-state index contributed by atoms with van der Waals surface area (Å²) in [4.78, 5) is 14.1. The number of urea groups is 1. The lowest BCUT2D eigenvalue weighted by molar-refractivity contribution is -0.0894. The topological polar surface area (TPSA) is 60.0 Å². The second-order valence-electron chi connectivity index (χ2n) is 8.13. The molecule has 2 aliphatic rings. The van der Waals surface area contributed by atoms with E-state index in [0.29, 0.717) is 43.5 Å². The predicted molar refractivity (Wildman–Crippen MR) is 111 cm³/mol. The number of carbonyl (C=O) groups excluding carboxylic acids is 1. The van der Waals surface area contributed by atoms with Gasteiger partial charge in [0.25, 0.3) is 0 Å². The van der Waals surface area contributed by atoms with E-state index in [-0.39, 0.29) is 29.8 Å². The lowest BCUT2D eigenvalue weighted by Gasteiger charge is -2.46. The van der Waals surface area contributed by atoms with Gasteiger partial charge in [0.1, 0.15) is 11.4 Å². The molecular weight excluding hydrogens is 406 g/mol. The van der Waals surface area contributed by atoms with Crippen LogP contribution in [0.25, 0.3) is 0 Å². The number of nitrogens with zero attached hydrogens (tertiary/aromatic N) is 1. The van der Waals surface area contributed by atoms with Crippen LogP contribution in [0.5, 0.6) is 5.75 Å². The molecule has 1 atom stereocenters. The van der Waals surface area contributed by atoms with Crippen LogP contribution in [-0.4, -0.2) is 49.9 Å². The van der Waals surface area contributed by atoms with E-state index in [1.165, 1.54) is 25.3 Å². The predicted octanol–water partition coefficient (Wildman–Crippen LogP) is 4.20. The van der Waals surface area contributed by atoms with Crippen molar-refractivity contribution in [2.24, 2.45) is 5.92 Å². The van der Waals surface area contributed by atoms with Crippen molar-refractivity contribution in [3.05, 3.63) is 59.7 Å². The third-order valence-electron chi connectivity index (χ3n) is 5.82. The van der Waals surface area contributed by atoms with E-state index < -0.39 is 5.82 Å². The minimum atomic E-state index is -0.528. The second-order valence-corrected chi connectivity index (χ2v) is 8.13. The van der Waals surface area contributed by atoms with Gasteiger partial charge < -0.3 is 24.4 Å². The van der Waals surface area contributed by atoms with Gasteiger partial charge in [-0.25, -0.2) is 13.6 Å². The van der Waals surface area contributed by atoms with Crippen LogP contribution in [0.2, 0.25) is 0 Å². The highest BCUT2D eigenvalue weighted by atomic mass is 19.1. The maximum absolute atomic E-state index is 13.8. The van der Waals surface area contributed by atoms with E-state index >= 15 is 0 Å². The van der Waals surface area contributed by atoms with E-state index in [9.17, 15) is 13.6 Å². The summed E-state index contributed by atoms with van der Waals surface area (Å²) < 4.78 is 43.9. The monoisotopic (exact) mass is 432 g/mol. The van der Waals surface area contributed by atoms with Crippen LogP contribution in [0, 0.1) is 17.6 Å². The summed E-state index contributed by atoms with van der Waals surface area (Å²) in [5.74, 6) is -0.305. The van der Waals surface area contributed by atoms with Gasteiger partial charge in [0.2, 0.25) is 0 Å². The Morgan fingerprint density at radius 1 is 1.23 bits per heavy atom. The summed E-state index contributed by atoms with van der Waals surface area (Å²) in [6.45, 7) is 2.42. The molecule has 1 N–H and O–H groups in total. The zero-order chi connectivity index (χ0) is 21.8. The number of hydrogen-bond donors (Lipinski definition) is 1. The smallest absolute Gasteiger partial charge is 0.322 e. The highest BCUT2D eigenvalue weighted by Crippen LogP contribution is 2.39. The molecule has 2 fully saturated rings. The second kappa shape index (κ2) is 9.20. The number of amides is 2. The Hall–Kier alpha value is -2.71. The number of hydrogen-bond acceptors (Lipinski definition) is 4. The maximum atomic E-state index is 13.8. The molecule has 0 aliphatic carbocycles. The highest BCUT2D eigenvalue weighted by Gasteiger charge is 2.51. The molecule has 6 nitrogen and oxygen atoms in total. The fourth-order valence-corrected chi connectivity index (χ4v) is 4.13. The summed E-state index contributed by atoms with van der Waals surface area (Å²) in [5.41, 5.74) is 0.624. The molecular formula is C23H26F2N2O4. The van der Waals surface area contributed by atoms with Crippen LogP contribution in [0.3, 0.4) is 0 Å². The van der Waals surface area contributed by atoms with E-state index in [1.54, 1.807) is 29.2 Å². The van der Waals surface area contributed by atoms with Crippen molar-refractivity contribution >= 4 is 11.7 Å². The zero-order valence-electron chi connectivity index (χ0n) is 17.4. The average Bonchev–Trinajstić information content (AvgIpc) is 3.16. The molecule has 166 valence electrons. The lowest BCUT2D eigenvalue weighted by Crippen LogP contribution is -2.64. The molecule has 1 spiro atoms. The van der Waals surface area contributed by atoms with Crippen molar-refractivity contribution in [2.45, 2.75) is 25.0 Å². The number of benzene rings is 2. The van der Waals surface area contributed by atoms with Crippen molar-refractivity contribution in [3.63, 3.8) is 0 Å². The summed E-state index contributed by atoms with van der Waals surface area (Å²) in [6, 6.07) is 10.6. The molecule has 4 rings (SSSR count). The van der Waals surface area contributed by atoms with Crippen molar-refractivity contribution in [1.82, 2.24) is 4.90 Å². The number of nitrogens with one attached hydrogen (secondary N) is 1. The lowest BCUT2D eigenvalue weighted by atomic mass is 9.86. The van der Waals surface area contributed by atoms with Crippen LogP contribution in [0.15, 0.2) is 42.5 Å². The molecule has 0 radical (unpaired) electrons. The van der Waals surface area contributed by atoms with Crippen molar-refractivity contribution in [2.75, 3.05) is 38.7 Å². The van der Waals surface area contributed by atoms with Gasteiger partial charge >= 0.3 is 6.03 Å². The zero-order valence-corrected chi connectivity index (χ0v) is 17.4. The fraction of sp³-hybridized carbons (Fsp3) is 0.435. The number of halogens is 2. The molecule has 2 saturated heterocycles. The number of carbonyl (C=O) groups is 1. The Kier molecular flexibility index (Phi) is 6.38. The van der Waals surface area contributed by atoms with Crippen molar-refractivity contribution < 1.29 is 27.8 Å². The Morgan fingerprint density at radius 2 is 2.03 bits per heavy atom. The van der Waals surface area contributed by atoms with Gasteiger partial charge in [0, 0.05) is 23.9 Å². The largest absolute Gasteiger partial charge is 0.494 e. The first kappa shape index (κ1) is 21.5. The molecule has 1 unspecified atom stereocenters. The molecule has 0 bridgehead atoms. The maximum Gasteiger partial charge on any atom is 0.322 e. The number of likely N-dealkylation sites (tertiary alicyclic amines) is 1. The molecule has 2 aromatic carbocycles. The first-order valence-electron chi connectivity index (χ1n) is 10.3. The Bertz CT molecular complexity index is 934. The molecule has 2 amide bonds. The third-order valence-corrected chi connectivity index (χ3v) is 5.82. The minimum absolute atomic E-state index is 0.129. The molecule has 0 aromatic heterocycles. The number of ether oxygens (including phenoxy) is 3. The summed E-state index contributed by atoms with van der Waals surface area (Å²) in [5, 5.41) is 2.70. The summed E-state index contributed by atoms with van der Waals surface area (Å²) >= 11 is 0. The standard InChI is InChI=1S/C23H26F2N2O4/c1-29-21-7-6-18(10-20(21)25)26-22(28)27-14-23(15-27)11-16(12-31-23)8-9-30-13-17-4-2-3-5-19(17)24/h2-7,10,16H,8-9,11-15H2,1H3,(H,26,28). The fourth-order valence-electron chi connectivity index (χ4n) is 4.13. The van der Waals surface area contributed by atoms with Crippen LogP contribution in [0.1, 0.15) is 18.4 Å². The quantitative estimate of drug-likeness (QED) is 0.666. The molecule has 8 heteroatoms. The van der Waals surface area contributed by atoms with Crippen LogP contribution >= 0.6 is 0 Å². The van der Waals surface area contributed by atoms with E-state index in [4.69, 9.17) is 14.2 Å². The van der Waals surface area contributed by atoms with Crippen LogP contribution in [-0.2, 0) is 16.1 Å². The summed E-state index contributed by atoms with van der Waals surface area (Å²) in [7, 11) is 1.39. The number of anilines is 1. The normalized spacial score (nSPS) is 19.3. The van der Waals surface area contributed by atoms with Crippen LogP contribution < -0.4 is 10.1 Å². The number of rotatable bonds is 7. The van der Waals surface area contributed by atoms with E-state index in [1.807, 2.05) is 0 Å². The molecule has 2 aromatic rings. The Morgan fingerprint density at radius 3 is 2.77 bits per heavy atom. The molecule has 2 heterocycles. The first-order chi connectivity index (χ1) is 15.0. The molecule has 31 heavy (non-hydrogen) atoms. The van der Waals surface area contributed by atoms with E-state index in [0.717, 1.165) is 12.8 Å². The van der Waals surface area contributed by atoms with Crippen LogP contribution in [0.4, 0.5) is 19.3 Å². The van der Waals surface area contributed by atoms with Gasteiger partial charge in [-0.05, 0) is 37.0 Å². The highest BCUT2D eigenvalue weighted by molar-refractivity contribution is 5.90. The third kappa shape index (κ3) is 4.97. The van der Waals surface area contributed by atoms with E-state index in [2.05, 4.69) is 5.32 Å². The Labute approximate surface area is 180 Å². The van der Waals surface area contributed by atoms with Gasteiger partial charge in [-0.1, -0.05) is 18.2 Å². The van der Waals surface area contributed by atoms with Gasteiger partial charge in [-0.2, -0.15) is 0 Å². The summed E-state index contributed by atoms with van der Waals surface area (Å²) in [6.07, 6.45) is 1.69. The van der Waals surface area contributed by atoms with Gasteiger partial charge in [-0.15, -0.1) is 0 Å². The number of methoxy groups -OCH3 is 1. The SMILES string of the molecule is COc1ccc(NC(=O)N2CC3(CC(CCOCc4ccccc4F)CO3)C2)cc1F. The van der Waals surface area contributed by atoms with Gasteiger partial charge in [0.15, 0.2) is 11.6 Å². The molecule has 0 saturated carbocycles. The van der Waals surface area contributed by atoms with Gasteiger partial charge in [-0.3, -0.25) is 0 Å². The van der Waals surface area contributed by atoms with Gasteiger partial charge in [0.05, 0.1) is 33.4 Å². The molecule has 2 aliphatic heterocycles. The van der Waals surface area contributed by atoms with Crippen molar-refractivity contribution in [3.8, 4) is 5.75 Å². The average molecular weight is 432 g/mol.